The van der Waals surface area contributed by atoms with E-state index in [-0.39, 0.29) is 37.9 Å². The highest BCUT2D eigenvalue weighted by Gasteiger charge is 2.54. The van der Waals surface area contributed by atoms with Gasteiger partial charge in [-0.2, -0.15) is 0 Å². The lowest BCUT2D eigenvalue weighted by atomic mass is 9.80. The minimum absolute atomic E-state index is 0.0357. The molecule has 5 aromatic carbocycles. The van der Waals surface area contributed by atoms with Gasteiger partial charge in [0.1, 0.15) is 5.75 Å². The molecule has 0 radical (unpaired) electrons. The van der Waals surface area contributed by atoms with E-state index in [4.69, 9.17) is 48.3 Å². The Balaban J connectivity index is 1.46. The largest absolute Gasteiger partial charge is 0.494 e. The van der Waals surface area contributed by atoms with Crippen LogP contribution < -0.4 is 10.1 Å². The lowest BCUT2D eigenvalue weighted by molar-refractivity contribution is -0.129. The van der Waals surface area contributed by atoms with Gasteiger partial charge in [0.2, 0.25) is 5.90 Å². The van der Waals surface area contributed by atoms with Gasteiger partial charge in [-0.25, -0.2) is 4.99 Å². The molecule has 1 aliphatic heterocycles. The molecule has 0 spiro atoms. The number of rotatable bonds is 13. The molecule has 11 heteroatoms. The third-order valence-electron chi connectivity index (χ3n) is 8.48. The van der Waals surface area contributed by atoms with E-state index in [1.54, 1.807) is 30.3 Å². The Bertz CT molecular complexity index is 2040. The summed E-state index contributed by atoms with van der Waals surface area (Å²) in [5.41, 5.74) is 11.2. The van der Waals surface area contributed by atoms with Crippen molar-refractivity contribution < 1.29 is 19.4 Å². The molecule has 0 saturated carbocycles. The first-order valence-electron chi connectivity index (χ1n) is 15.8. The van der Waals surface area contributed by atoms with Crippen LogP contribution in [0.2, 0.25) is 10.0 Å². The quantitative estimate of drug-likeness (QED) is 0.0554. The number of azide groups is 1. The molecule has 2 atom stereocenters. The SMILES string of the molecule is [N-]=[N+]=NCc1ccccc1C[C@@]1(C(=O)NCc2cccc3ccccc23)N=C(c2ccc(OCCCO)cc2)O[C@@H]1c1ccc(Cl)cc1Cl. The molecular weight excluding hydrogens is 661 g/mol. The van der Waals surface area contributed by atoms with Gasteiger partial charge in [-0.1, -0.05) is 101 Å². The fourth-order valence-corrected chi connectivity index (χ4v) is 6.54. The van der Waals surface area contributed by atoms with Gasteiger partial charge in [-0.05, 0) is 69.4 Å². The zero-order chi connectivity index (χ0) is 34.2. The molecule has 1 heterocycles. The minimum atomic E-state index is -1.54. The van der Waals surface area contributed by atoms with Crippen LogP contribution in [0.3, 0.4) is 0 Å². The number of nitrogens with one attached hydrogen (secondary N) is 1. The maximum Gasteiger partial charge on any atom is 0.252 e. The first-order valence-corrected chi connectivity index (χ1v) is 16.6. The van der Waals surface area contributed by atoms with E-state index in [0.29, 0.717) is 39.9 Å². The van der Waals surface area contributed by atoms with Gasteiger partial charge in [-0.3, -0.25) is 4.79 Å². The van der Waals surface area contributed by atoms with Gasteiger partial charge >= 0.3 is 0 Å². The Labute approximate surface area is 293 Å². The Kier molecular flexibility index (Phi) is 10.7. The number of fused-ring (bicyclic) bond motifs is 1. The van der Waals surface area contributed by atoms with E-state index in [1.807, 2.05) is 78.9 Å². The summed E-state index contributed by atoms with van der Waals surface area (Å²) in [6, 6.07) is 33.8. The Hall–Kier alpha value is -5.05. The molecule has 6 rings (SSSR count). The Morgan fingerprint density at radius 2 is 1.69 bits per heavy atom. The van der Waals surface area contributed by atoms with Crippen molar-refractivity contribution in [3.63, 3.8) is 0 Å². The van der Waals surface area contributed by atoms with Gasteiger partial charge in [0.15, 0.2) is 11.6 Å². The highest BCUT2D eigenvalue weighted by Crippen LogP contribution is 2.45. The number of benzene rings is 5. The molecular formula is C38H33Cl2N5O4. The summed E-state index contributed by atoms with van der Waals surface area (Å²) in [5.74, 6) is 0.513. The van der Waals surface area contributed by atoms with Crippen molar-refractivity contribution in [1.82, 2.24) is 5.32 Å². The van der Waals surface area contributed by atoms with Crippen LogP contribution in [0.4, 0.5) is 0 Å². The molecule has 0 aromatic heterocycles. The maximum absolute atomic E-state index is 14.9. The lowest BCUT2D eigenvalue weighted by Gasteiger charge is -2.32. The third-order valence-corrected chi connectivity index (χ3v) is 9.04. The van der Waals surface area contributed by atoms with Crippen molar-refractivity contribution in [1.29, 1.82) is 0 Å². The predicted molar refractivity (Wildman–Crippen MR) is 192 cm³/mol. The molecule has 49 heavy (non-hydrogen) atoms. The van der Waals surface area contributed by atoms with Gasteiger partial charge in [0.25, 0.3) is 5.91 Å². The van der Waals surface area contributed by atoms with Crippen LogP contribution in [0.5, 0.6) is 5.75 Å². The Morgan fingerprint density at radius 3 is 2.47 bits per heavy atom. The first kappa shape index (κ1) is 33.8. The van der Waals surface area contributed by atoms with Crippen molar-refractivity contribution in [3.8, 4) is 5.75 Å². The number of nitrogens with zero attached hydrogens (tertiary/aromatic N) is 4. The zero-order valence-corrected chi connectivity index (χ0v) is 27.9. The normalized spacial score (nSPS) is 16.8. The second-order valence-electron chi connectivity index (χ2n) is 11.6. The molecule has 0 unspecified atom stereocenters. The summed E-state index contributed by atoms with van der Waals surface area (Å²) in [6.07, 6.45) is -0.326. The van der Waals surface area contributed by atoms with E-state index in [2.05, 4.69) is 15.3 Å². The number of amides is 1. The van der Waals surface area contributed by atoms with Crippen molar-refractivity contribution in [2.24, 2.45) is 10.1 Å². The maximum atomic E-state index is 14.9. The number of hydrogen-bond donors (Lipinski definition) is 2. The molecule has 2 N–H and O–H groups in total. The van der Waals surface area contributed by atoms with Crippen molar-refractivity contribution in [2.75, 3.05) is 13.2 Å². The van der Waals surface area contributed by atoms with Crippen LogP contribution >= 0.6 is 23.2 Å². The lowest BCUT2D eigenvalue weighted by Crippen LogP contribution is -2.50. The minimum Gasteiger partial charge on any atom is -0.494 e. The monoisotopic (exact) mass is 693 g/mol. The van der Waals surface area contributed by atoms with E-state index < -0.39 is 11.6 Å². The fraction of sp³-hybridized carbons (Fsp3) is 0.211. The zero-order valence-electron chi connectivity index (χ0n) is 26.4. The van der Waals surface area contributed by atoms with Crippen LogP contribution in [0.1, 0.15) is 40.3 Å². The average Bonchev–Trinajstić information content (AvgIpc) is 3.50. The summed E-state index contributed by atoms with van der Waals surface area (Å²) in [7, 11) is 0. The number of ether oxygens (including phenoxy) is 2. The highest BCUT2D eigenvalue weighted by atomic mass is 35.5. The smallest absolute Gasteiger partial charge is 0.252 e. The van der Waals surface area contributed by atoms with E-state index >= 15 is 0 Å². The molecule has 0 saturated heterocycles. The number of carbonyl (C=O) groups is 1. The second-order valence-corrected chi connectivity index (χ2v) is 12.5. The number of aliphatic imine (C=N–C) groups is 1. The number of hydrogen-bond acceptors (Lipinski definition) is 6. The summed E-state index contributed by atoms with van der Waals surface area (Å²) in [5, 5.41) is 19.0. The molecule has 5 aromatic rings. The van der Waals surface area contributed by atoms with Crippen molar-refractivity contribution in [2.45, 2.75) is 37.6 Å². The topological polar surface area (TPSA) is 129 Å². The van der Waals surface area contributed by atoms with Crippen LogP contribution in [0.25, 0.3) is 21.2 Å². The van der Waals surface area contributed by atoms with Gasteiger partial charge in [0.05, 0.1) is 13.2 Å². The standard InChI is InChI=1S/C38H33Cl2N5O4/c39-30-15-18-33(34(40)21-30)35-38(22-27-8-1-2-9-28(27)24-43-45-41,37(47)42-23-29-11-5-10-25-7-3-4-12-32(25)29)44-36(49-35)26-13-16-31(17-14-26)48-20-6-19-46/h1-5,7-18,21,35,46H,6,19-20,22-24H2,(H,42,47)/t35-,38-/m1/s1. The summed E-state index contributed by atoms with van der Waals surface area (Å²) in [6.45, 7) is 0.754. The van der Waals surface area contributed by atoms with Crippen LogP contribution in [-0.4, -0.2) is 35.7 Å². The van der Waals surface area contributed by atoms with E-state index in [9.17, 15) is 4.79 Å². The van der Waals surface area contributed by atoms with Crippen LogP contribution in [0, 0.1) is 0 Å². The molecule has 1 amide bonds. The van der Waals surface area contributed by atoms with Crippen molar-refractivity contribution >= 4 is 45.8 Å². The number of carbonyl (C=O) groups excluding carboxylic acids is 1. The number of halogens is 2. The van der Waals surface area contributed by atoms with Gasteiger partial charge < -0.3 is 19.9 Å². The predicted octanol–water partition coefficient (Wildman–Crippen LogP) is 8.53. The number of aliphatic hydroxyl groups is 1. The fourth-order valence-electron chi connectivity index (χ4n) is 6.03. The molecule has 1 aliphatic rings. The molecule has 0 aliphatic carbocycles. The van der Waals surface area contributed by atoms with Gasteiger partial charge in [-0.15, -0.1) is 0 Å². The second kappa shape index (κ2) is 15.4. The number of aliphatic hydroxyl groups excluding tert-OH is 1. The summed E-state index contributed by atoms with van der Waals surface area (Å²) >= 11 is 13.1. The van der Waals surface area contributed by atoms with E-state index in [1.165, 1.54) is 0 Å². The van der Waals surface area contributed by atoms with E-state index in [0.717, 1.165) is 27.5 Å². The highest BCUT2D eigenvalue weighted by molar-refractivity contribution is 6.35. The molecule has 0 bridgehead atoms. The van der Waals surface area contributed by atoms with Crippen LogP contribution in [0.15, 0.2) is 119 Å². The summed E-state index contributed by atoms with van der Waals surface area (Å²) < 4.78 is 12.4. The molecule has 9 nitrogen and oxygen atoms in total. The third kappa shape index (κ3) is 7.51. The Morgan fingerprint density at radius 1 is 0.959 bits per heavy atom. The summed E-state index contributed by atoms with van der Waals surface area (Å²) in [4.78, 5) is 22.9. The van der Waals surface area contributed by atoms with Crippen LogP contribution in [-0.2, 0) is 29.0 Å². The average molecular weight is 695 g/mol. The molecule has 248 valence electrons. The first-order chi connectivity index (χ1) is 23.9. The van der Waals surface area contributed by atoms with Gasteiger partial charge in [0, 0.05) is 52.1 Å². The molecule has 0 fully saturated rings. The van der Waals surface area contributed by atoms with Crippen molar-refractivity contribution in [3.05, 3.63) is 157 Å².